The highest BCUT2D eigenvalue weighted by atomic mass is 19.1. The van der Waals surface area contributed by atoms with Crippen molar-refractivity contribution >= 4 is 6.09 Å². The van der Waals surface area contributed by atoms with Crippen molar-refractivity contribution in [1.29, 1.82) is 0 Å². The van der Waals surface area contributed by atoms with Gasteiger partial charge in [0.25, 0.3) is 0 Å². The second-order valence-corrected chi connectivity index (χ2v) is 6.28. The number of amides is 1. The van der Waals surface area contributed by atoms with Crippen LogP contribution >= 0.6 is 0 Å². The van der Waals surface area contributed by atoms with Gasteiger partial charge in [-0.15, -0.1) is 0 Å². The summed E-state index contributed by atoms with van der Waals surface area (Å²) in [6, 6.07) is 3.20. The Hall–Kier alpha value is -1.69. The van der Waals surface area contributed by atoms with E-state index in [1.54, 1.807) is 27.8 Å². The third-order valence-corrected chi connectivity index (χ3v) is 2.99. The SMILES string of the molecule is CC(NCCN(C)C(=O)OC(C)(C)C)c1cc(F)cc(F)c1. The fraction of sp³-hybridized carbons (Fsp3) is 0.562. The van der Waals surface area contributed by atoms with E-state index in [0.29, 0.717) is 18.7 Å². The zero-order valence-electron chi connectivity index (χ0n) is 13.7. The van der Waals surface area contributed by atoms with Gasteiger partial charge in [0, 0.05) is 32.2 Å². The van der Waals surface area contributed by atoms with E-state index in [4.69, 9.17) is 4.74 Å². The van der Waals surface area contributed by atoms with Crippen LogP contribution in [0.25, 0.3) is 0 Å². The number of likely N-dealkylation sites (N-methyl/N-ethyl adjacent to an activating group) is 1. The average molecular weight is 314 g/mol. The summed E-state index contributed by atoms with van der Waals surface area (Å²) >= 11 is 0. The fourth-order valence-corrected chi connectivity index (χ4v) is 1.82. The van der Waals surface area contributed by atoms with Crippen LogP contribution in [0.15, 0.2) is 18.2 Å². The molecule has 1 rings (SSSR count). The molecular formula is C16H24F2N2O2. The van der Waals surface area contributed by atoms with E-state index in [1.165, 1.54) is 17.0 Å². The summed E-state index contributed by atoms with van der Waals surface area (Å²) in [5, 5.41) is 3.12. The summed E-state index contributed by atoms with van der Waals surface area (Å²) in [4.78, 5) is 13.2. The molecule has 1 aromatic rings. The summed E-state index contributed by atoms with van der Waals surface area (Å²) < 4.78 is 31.6. The summed E-state index contributed by atoms with van der Waals surface area (Å²) in [6.07, 6.45) is -0.404. The fourth-order valence-electron chi connectivity index (χ4n) is 1.82. The Labute approximate surface area is 130 Å². The van der Waals surface area contributed by atoms with Crippen LogP contribution < -0.4 is 5.32 Å². The van der Waals surface area contributed by atoms with Crippen LogP contribution in [-0.2, 0) is 4.74 Å². The quantitative estimate of drug-likeness (QED) is 0.904. The van der Waals surface area contributed by atoms with E-state index in [-0.39, 0.29) is 6.04 Å². The summed E-state index contributed by atoms with van der Waals surface area (Å²) in [5.74, 6) is -1.20. The van der Waals surface area contributed by atoms with Gasteiger partial charge in [-0.3, -0.25) is 0 Å². The van der Waals surface area contributed by atoms with Crippen LogP contribution in [-0.4, -0.2) is 36.7 Å². The highest BCUT2D eigenvalue weighted by Gasteiger charge is 2.19. The number of hydrogen-bond acceptors (Lipinski definition) is 3. The molecule has 0 saturated carbocycles. The molecule has 0 bridgehead atoms. The lowest BCUT2D eigenvalue weighted by Gasteiger charge is -2.25. The number of carbonyl (C=O) groups is 1. The Morgan fingerprint density at radius 3 is 2.32 bits per heavy atom. The van der Waals surface area contributed by atoms with Crippen LogP contribution in [0.4, 0.5) is 13.6 Å². The first-order valence-corrected chi connectivity index (χ1v) is 7.22. The molecule has 0 aliphatic carbocycles. The van der Waals surface area contributed by atoms with Crippen LogP contribution in [0.5, 0.6) is 0 Å². The van der Waals surface area contributed by atoms with E-state index in [2.05, 4.69) is 5.32 Å². The molecule has 1 atom stereocenters. The van der Waals surface area contributed by atoms with Gasteiger partial charge in [0.1, 0.15) is 17.2 Å². The lowest BCUT2D eigenvalue weighted by Crippen LogP contribution is -2.38. The molecule has 0 fully saturated rings. The van der Waals surface area contributed by atoms with Gasteiger partial charge in [-0.25, -0.2) is 13.6 Å². The maximum Gasteiger partial charge on any atom is 0.410 e. The smallest absolute Gasteiger partial charge is 0.410 e. The minimum Gasteiger partial charge on any atom is -0.444 e. The predicted molar refractivity (Wildman–Crippen MR) is 81.6 cm³/mol. The first kappa shape index (κ1) is 18.4. The molecule has 124 valence electrons. The van der Waals surface area contributed by atoms with Gasteiger partial charge in [-0.2, -0.15) is 0 Å². The molecule has 0 spiro atoms. The van der Waals surface area contributed by atoms with Gasteiger partial charge in [-0.05, 0) is 45.4 Å². The maximum absolute atomic E-state index is 13.2. The van der Waals surface area contributed by atoms with E-state index in [1.807, 2.05) is 6.92 Å². The van der Waals surface area contributed by atoms with Crippen molar-refractivity contribution in [3.63, 3.8) is 0 Å². The van der Waals surface area contributed by atoms with Gasteiger partial charge in [-0.1, -0.05) is 0 Å². The number of rotatable bonds is 5. The number of benzene rings is 1. The second-order valence-electron chi connectivity index (χ2n) is 6.28. The molecule has 0 aromatic heterocycles. The Bertz CT molecular complexity index is 495. The molecule has 0 aliphatic heterocycles. The third-order valence-electron chi connectivity index (χ3n) is 2.99. The molecule has 1 unspecified atom stereocenters. The molecule has 0 saturated heterocycles. The van der Waals surface area contributed by atoms with Crippen LogP contribution in [0, 0.1) is 11.6 Å². The summed E-state index contributed by atoms with van der Waals surface area (Å²) in [6.45, 7) is 8.13. The number of hydrogen-bond donors (Lipinski definition) is 1. The van der Waals surface area contributed by atoms with Gasteiger partial charge in [0.05, 0.1) is 0 Å². The minimum absolute atomic E-state index is 0.225. The Kier molecular flexibility index (Phi) is 6.29. The van der Waals surface area contributed by atoms with Crippen molar-refractivity contribution < 1.29 is 18.3 Å². The molecular weight excluding hydrogens is 290 g/mol. The second kappa shape index (κ2) is 7.54. The van der Waals surface area contributed by atoms with E-state index in [9.17, 15) is 13.6 Å². The molecule has 0 heterocycles. The molecule has 1 amide bonds. The molecule has 1 aromatic carbocycles. The molecule has 22 heavy (non-hydrogen) atoms. The van der Waals surface area contributed by atoms with Crippen molar-refractivity contribution in [3.05, 3.63) is 35.4 Å². The third kappa shape index (κ3) is 6.39. The molecule has 6 heteroatoms. The zero-order valence-corrected chi connectivity index (χ0v) is 13.7. The molecule has 0 radical (unpaired) electrons. The van der Waals surface area contributed by atoms with Crippen molar-refractivity contribution in [2.75, 3.05) is 20.1 Å². The number of nitrogens with one attached hydrogen (secondary N) is 1. The van der Waals surface area contributed by atoms with Crippen molar-refractivity contribution in [2.24, 2.45) is 0 Å². The van der Waals surface area contributed by atoms with Gasteiger partial charge in [0.15, 0.2) is 0 Å². The van der Waals surface area contributed by atoms with Crippen molar-refractivity contribution in [1.82, 2.24) is 10.2 Å². The first-order chi connectivity index (χ1) is 10.1. The molecule has 1 N–H and O–H groups in total. The van der Waals surface area contributed by atoms with Crippen LogP contribution in [0.2, 0.25) is 0 Å². The highest BCUT2D eigenvalue weighted by molar-refractivity contribution is 5.67. The number of carbonyl (C=O) groups excluding carboxylic acids is 1. The zero-order chi connectivity index (χ0) is 16.9. The monoisotopic (exact) mass is 314 g/mol. The predicted octanol–water partition coefficient (Wildman–Crippen LogP) is 3.48. The highest BCUT2D eigenvalue weighted by Crippen LogP contribution is 2.15. The Morgan fingerprint density at radius 1 is 1.27 bits per heavy atom. The maximum atomic E-state index is 13.2. The van der Waals surface area contributed by atoms with Crippen molar-refractivity contribution in [2.45, 2.75) is 39.3 Å². The largest absolute Gasteiger partial charge is 0.444 e. The summed E-state index contributed by atoms with van der Waals surface area (Å²) in [7, 11) is 1.64. The van der Waals surface area contributed by atoms with Crippen LogP contribution in [0.1, 0.15) is 39.3 Å². The first-order valence-electron chi connectivity index (χ1n) is 7.22. The number of halogens is 2. The topological polar surface area (TPSA) is 41.6 Å². The van der Waals surface area contributed by atoms with E-state index >= 15 is 0 Å². The molecule has 4 nitrogen and oxygen atoms in total. The normalized spacial score (nSPS) is 12.9. The van der Waals surface area contributed by atoms with E-state index < -0.39 is 23.3 Å². The van der Waals surface area contributed by atoms with E-state index in [0.717, 1.165) is 6.07 Å². The standard InChI is InChI=1S/C16H24F2N2O2/c1-11(12-8-13(17)10-14(18)9-12)19-6-7-20(5)15(21)22-16(2,3)4/h8-11,19H,6-7H2,1-5H3. The van der Waals surface area contributed by atoms with Gasteiger partial charge >= 0.3 is 6.09 Å². The lowest BCUT2D eigenvalue weighted by molar-refractivity contribution is 0.0299. The van der Waals surface area contributed by atoms with Crippen LogP contribution in [0.3, 0.4) is 0 Å². The lowest BCUT2D eigenvalue weighted by atomic mass is 10.1. The average Bonchev–Trinajstić information content (AvgIpc) is 2.35. The Morgan fingerprint density at radius 2 is 1.82 bits per heavy atom. The Balaban J connectivity index is 2.44. The summed E-state index contributed by atoms with van der Waals surface area (Å²) in [5.41, 5.74) is -0.0112. The van der Waals surface area contributed by atoms with Gasteiger partial charge in [0.2, 0.25) is 0 Å². The van der Waals surface area contributed by atoms with Gasteiger partial charge < -0.3 is 15.0 Å². The minimum atomic E-state index is -0.602. The molecule has 0 aliphatic rings. The number of ether oxygens (including phenoxy) is 1. The number of nitrogens with zero attached hydrogens (tertiary/aromatic N) is 1. The van der Waals surface area contributed by atoms with Crippen molar-refractivity contribution in [3.8, 4) is 0 Å².